The van der Waals surface area contributed by atoms with Gasteiger partial charge in [0.15, 0.2) is 0 Å². The van der Waals surface area contributed by atoms with Crippen LogP contribution in [0.5, 0.6) is 0 Å². The molecule has 1 N–H and O–H groups in total. The first-order chi connectivity index (χ1) is 8.04. The van der Waals surface area contributed by atoms with Crippen LogP contribution >= 0.6 is 11.6 Å². The van der Waals surface area contributed by atoms with Gasteiger partial charge in [-0.1, -0.05) is 23.8 Å². The molecule has 18 heavy (non-hydrogen) atoms. The minimum atomic E-state index is -4.43. The molecule has 2 nitrogen and oxygen atoms in total. The van der Waals surface area contributed by atoms with Crippen molar-refractivity contribution in [3.05, 3.63) is 22.8 Å². The third kappa shape index (κ3) is 3.51. The molecule has 6 heteroatoms. The number of rotatable bonds is 2. The molecule has 1 atom stereocenters. The predicted octanol–water partition coefficient (Wildman–Crippen LogP) is 3.53. The second kappa shape index (κ2) is 4.96. The molecule has 0 heterocycles. The number of alkyl halides is 3. The van der Waals surface area contributed by atoms with Crippen LogP contribution in [0.3, 0.4) is 0 Å². The molecule has 1 aliphatic rings. The fourth-order valence-electron chi connectivity index (χ4n) is 1.96. The lowest BCUT2D eigenvalue weighted by Crippen LogP contribution is -2.48. The Labute approximate surface area is 109 Å². The van der Waals surface area contributed by atoms with E-state index in [2.05, 4.69) is 5.32 Å². The van der Waals surface area contributed by atoms with Crippen molar-refractivity contribution in [2.24, 2.45) is 5.92 Å². The Morgan fingerprint density at radius 1 is 1.44 bits per heavy atom. The molecule has 1 unspecified atom stereocenters. The highest BCUT2D eigenvalue weighted by Crippen LogP contribution is 2.39. The molecule has 0 aromatic carbocycles. The number of allylic oxidation sites excluding steroid dienone is 3. The van der Waals surface area contributed by atoms with Gasteiger partial charge in [0, 0.05) is 23.4 Å². The molecule has 102 valence electrons. The van der Waals surface area contributed by atoms with Crippen LogP contribution in [0.1, 0.15) is 27.2 Å². The van der Waals surface area contributed by atoms with Crippen LogP contribution in [0, 0.1) is 5.92 Å². The van der Waals surface area contributed by atoms with E-state index in [1.165, 1.54) is 13.0 Å². The normalized spacial score (nSPS) is 21.2. The van der Waals surface area contributed by atoms with E-state index >= 15 is 0 Å². The second-order valence-electron chi connectivity index (χ2n) is 4.89. The van der Waals surface area contributed by atoms with Crippen molar-refractivity contribution in [3.63, 3.8) is 0 Å². The quantitative estimate of drug-likeness (QED) is 0.824. The van der Waals surface area contributed by atoms with E-state index in [-0.39, 0.29) is 23.3 Å². The average Bonchev–Trinajstić information content (AvgIpc) is 2.13. The van der Waals surface area contributed by atoms with Crippen molar-refractivity contribution in [3.8, 4) is 0 Å². The Morgan fingerprint density at radius 2 is 2.00 bits per heavy atom. The summed E-state index contributed by atoms with van der Waals surface area (Å²) in [7, 11) is 0. The summed E-state index contributed by atoms with van der Waals surface area (Å²) in [5.41, 5.74) is -1.45. The average molecular weight is 282 g/mol. The molecule has 1 aliphatic carbocycles. The first-order valence-corrected chi connectivity index (χ1v) is 5.84. The molecule has 0 saturated heterocycles. The van der Waals surface area contributed by atoms with Crippen LogP contribution in [-0.4, -0.2) is 17.6 Å². The van der Waals surface area contributed by atoms with E-state index in [0.717, 1.165) is 6.08 Å². The molecule has 0 aliphatic heterocycles. The van der Waals surface area contributed by atoms with Crippen molar-refractivity contribution >= 4 is 17.5 Å². The predicted molar refractivity (Wildman–Crippen MR) is 64.1 cm³/mol. The van der Waals surface area contributed by atoms with Gasteiger partial charge in [-0.15, -0.1) is 0 Å². The Morgan fingerprint density at radius 3 is 2.39 bits per heavy atom. The summed E-state index contributed by atoms with van der Waals surface area (Å²) in [4.78, 5) is 11.0. The molecule has 0 aromatic heterocycles. The smallest absolute Gasteiger partial charge is 0.351 e. The van der Waals surface area contributed by atoms with Crippen LogP contribution in [-0.2, 0) is 4.79 Å². The summed E-state index contributed by atoms with van der Waals surface area (Å²) in [5, 5.41) is 2.50. The molecule has 0 fully saturated rings. The van der Waals surface area contributed by atoms with E-state index in [9.17, 15) is 18.0 Å². The Balaban J connectivity index is 2.89. The number of carbonyl (C=O) groups excluding carboxylic acids is 1. The molecule has 0 aromatic rings. The van der Waals surface area contributed by atoms with E-state index in [0.29, 0.717) is 0 Å². The molecular formula is C12H15ClF3NO. The van der Waals surface area contributed by atoms with Gasteiger partial charge in [-0.2, -0.15) is 13.2 Å². The SMILES string of the molecule is CC(=O)NC(C)(C)C1C=CC(C(F)(F)F)=C(Cl)C1. The first-order valence-electron chi connectivity index (χ1n) is 5.47. The lowest BCUT2D eigenvalue weighted by Gasteiger charge is -2.35. The van der Waals surface area contributed by atoms with Crippen LogP contribution in [0.25, 0.3) is 0 Å². The van der Waals surface area contributed by atoms with Gasteiger partial charge in [0.05, 0.1) is 5.57 Å². The fourth-order valence-corrected chi connectivity index (χ4v) is 2.30. The highest BCUT2D eigenvalue weighted by atomic mass is 35.5. The zero-order valence-electron chi connectivity index (χ0n) is 10.4. The van der Waals surface area contributed by atoms with E-state index in [1.807, 2.05) is 0 Å². The summed E-state index contributed by atoms with van der Waals surface area (Å²) in [6, 6.07) is 0. The van der Waals surface area contributed by atoms with E-state index in [4.69, 9.17) is 11.6 Å². The minimum absolute atomic E-state index is 0.0696. The molecule has 0 radical (unpaired) electrons. The largest absolute Gasteiger partial charge is 0.417 e. The van der Waals surface area contributed by atoms with E-state index in [1.54, 1.807) is 13.8 Å². The van der Waals surface area contributed by atoms with Gasteiger partial charge in [-0.3, -0.25) is 4.79 Å². The number of amides is 1. The van der Waals surface area contributed by atoms with Gasteiger partial charge in [0.25, 0.3) is 0 Å². The van der Waals surface area contributed by atoms with Crippen LogP contribution in [0.15, 0.2) is 22.8 Å². The number of hydrogen-bond acceptors (Lipinski definition) is 1. The maximum atomic E-state index is 12.6. The summed E-state index contributed by atoms with van der Waals surface area (Å²) < 4.78 is 37.7. The monoisotopic (exact) mass is 281 g/mol. The van der Waals surface area contributed by atoms with Gasteiger partial charge in [0.2, 0.25) is 5.91 Å². The zero-order chi connectivity index (χ0) is 14.1. The van der Waals surface area contributed by atoms with Crippen LogP contribution in [0.4, 0.5) is 13.2 Å². The second-order valence-corrected chi connectivity index (χ2v) is 5.35. The standard InChI is InChI=1S/C12H15ClF3NO/c1-7(18)17-11(2,3)8-4-5-9(10(13)6-8)12(14,15)16/h4-5,8H,6H2,1-3H3,(H,17,18). The maximum absolute atomic E-state index is 12.6. The molecule has 1 amide bonds. The van der Waals surface area contributed by atoms with E-state index < -0.39 is 17.3 Å². The van der Waals surface area contributed by atoms with Crippen molar-refractivity contribution < 1.29 is 18.0 Å². The third-order valence-electron chi connectivity index (χ3n) is 2.92. The highest BCUT2D eigenvalue weighted by Gasteiger charge is 2.39. The van der Waals surface area contributed by atoms with Gasteiger partial charge >= 0.3 is 6.18 Å². The molecule has 0 spiro atoms. The lowest BCUT2D eigenvalue weighted by molar-refractivity contribution is -0.121. The minimum Gasteiger partial charge on any atom is -0.351 e. The molecule has 1 rings (SSSR count). The molecular weight excluding hydrogens is 267 g/mol. The van der Waals surface area contributed by atoms with Crippen molar-refractivity contribution in [2.45, 2.75) is 38.9 Å². The number of hydrogen-bond donors (Lipinski definition) is 1. The van der Waals surface area contributed by atoms with Crippen molar-refractivity contribution in [1.29, 1.82) is 0 Å². The van der Waals surface area contributed by atoms with Gasteiger partial charge in [0.1, 0.15) is 0 Å². The summed E-state index contributed by atoms with van der Waals surface area (Å²) in [6.07, 6.45) is -1.93. The van der Waals surface area contributed by atoms with Crippen LogP contribution in [0.2, 0.25) is 0 Å². The number of nitrogens with one attached hydrogen (secondary N) is 1. The topological polar surface area (TPSA) is 29.1 Å². The summed E-state index contributed by atoms with van der Waals surface area (Å²) in [5.74, 6) is -0.491. The Bertz CT molecular complexity index is 410. The van der Waals surface area contributed by atoms with Crippen molar-refractivity contribution in [1.82, 2.24) is 5.32 Å². The van der Waals surface area contributed by atoms with Gasteiger partial charge < -0.3 is 5.32 Å². The summed E-state index contributed by atoms with van der Waals surface area (Å²) in [6.45, 7) is 4.88. The zero-order valence-corrected chi connectivity index (χ0v) is 11.1. The highest BCUT2D eigenvalue weighted by molar-refractivity contribution is 6.30. The maximum Gasteiger partial charge on any atom is 0.417 e. The molecule has 0 bridgehead atoms. The Kier molecular flexibility index (Phi) is 4.15. The Hall–Kier alpha value is -0.970. The van der Waals surface area contributed by atoms with Crippen LogP contribution < -0.4 is 5.32 Å². The fraction of sp³-hybridized carbons (Fsp3) is 0.583. The van der Waals surface area contributed by atoms with Gasteiger partial charge in [-0.05, 0) is 20.3 Å². The van der Waals surface area contributed by atoms with Crippen molar-refractivity contribution in [2.75, 3.05) is 0 Å². The van der Waals surface area contributed by atoms with Gasteiger partial charge in [-0.25, -0.2) is 0 Å². The third-order valence-corrected chi connectivity index (χ3v) is 3.28. The lowest BCUT2D eigenvalue weighted by atomic mass is 9.81. The number of carbonyl (C=O) groups is 1. The number of halogens is 4. The molecule has 0 saturated carbocycles. The summed E-state index contributed by atoms with van der Waals surface area (Å²) >= 11 is 5.70. The first kappa shape index (κ1) is 15.1.